The molecule has 0 saturated carbocycles. The first kappa shape index (κ1) is 20.2. The minimum absolute atomic E-state index is 0.0777. The molecule has 0 bridgehead atoms. The van der Waals surface area contributed by atoms with E-state index in [0.717, 1.165) is 5.75 Å². The van der Waals surface area contributed by atoms with Crippen molar-refractivity contribution in [1.29, 1.82) is 0 Å². The van der Waals surface area contributed by atoms with Gasteiger partial charge in [-0.25, -0.2) is 0 Å². The Morgan fingerprint density at radius 2 is 2.21 bits per heavy atom. The van der Waals surface area contributed by atoms with E-state index in [2.05, 4.69) is 4.98 Å². The third-order valence-corrected chi connectivity index (χ3v) is 5.64. The summed E-state index contributed by atoms with van der Waals surface area (Å²) >= 11 is 1.73. The molecular weight excluding hydrogens is 380 g/mol. The smallest absolute Gasteiger partial charge is 0.256 e. The van der Waals surface area contributed by atoms with Gasteiger partial charge in [-0.2, -0.15) is 11.8 Å². The first-order chi connectivity index (χ1) is 13.7. The van der Waals surface area contributed by atoms with Crippen LogP contribution in [-0.2, 0) is 6.42 Å². The Morgan fingerprint density at radius 3 is 3.00 bits per heavy atom. The number of aromatic hydroxyl groups is 1. The summed E-state index contributed by atoms with van der Waals surface area (Å²) in [5, 5.41) is 19.0. The van der Waals surface area contributed by atoms with Gasteiger partial charge in [-0.05, 0) is 24.3 Å². The molecule has 2 N–H and O–H groups in total. The number of thioether (sulfide) groups is 1. The predicted octanol–water partition coefficient (Wildman–Crippen LogP) is 1.77. The van der Waals surface area contributed by atoms with Gasteiger partial charge in [-0.1, -0.05) is 6.07 Å². The molecule has 1 aromatic carbocycles. The molecule has 1 amide bonds. The van der Waals surface area contributed by atoms with Crippen LogP contribution in [0.1, 0.15) is 26.4 Å². The van der Waals surface area contributed by atoms with Crippen LogP contribution in [0.25, 0.3) is 0 Å². The van der Waals surface area contributed by atoms with Crippen LogP contribution in [0, 0.1) is 0 Å². The lowest BCUT2D eigenvalue weighted by atomic mass is 10.1. The van der Waals surface area contributed by atoms with Crippen LogP contribution in [0.2, 0.25) is 0 Å². The number of carbonyl (C=O) groups excluding carboxylic acids is 2. The molecule has 7 nitrogen and oxygen atoms in total. The number of nitrogens with zero attached hydrogens (tertiary/aromatic N) is 2. The minimum atomic E-state index is -0.185. The van der Waals surface area contributed by atoms with Gasteiger partial charge < -0.3 is 19.8 Å². The lowest BCUT2D eigenvalue weighted by Crippen LogP contribution is -2.49. The SMILES string of the molecule is O=Cc1c(O)cccc1OCC1CSCCN1C(=O)c1cccnc1CCO. The van der Waals surface area contributed by atoms with Crippen LogP contribution in [-0.4, -0.2) is 69.6 Å². The molecule has 1 aliphatic heterocycles. The number of benzene rings is 1. The zero-order valence-electron chi connectivity index (χ0n) is 15.3. The molecule has 0 spiro atoms. The number of aliphatic hydroxyl groups excluding tert-OH is 1. The number of carbonyl (C=O) groups is 2. The van der Waals surface area contributed by atoms with Gasteiger partial charge in [-0.15, -0.1) is 0 Å². The maximum absolute atomic E-state index is 13.1. The molecular formula is C20H22N2O5S. The third kappa shape index (κ3) is 4.45. The molecule has 148 valence electrons. The summed E-state index contributed by atoms with van der Waals surface area (Å²) in [6.07, 6.45) is 2.48. The van der Waals surface area contributed by atoms with E-state index in [9.17, 15) is 19.8 Å². The summed E-state index contributed by atoms with van der Waals surface area (Å²) in [4.78, 5) is 30.3. The molecule has 28 heavy (non-hydrogen) atoms. The highest BCUT2D eigenvalue weighted by molar-refractivity contribution is 7.99. The number of aldehydes is 1. The van der Waals surface area contributed by atoms with Crippen molar-refractivity contribution < 1.29 is 24.5 Å². The predicted molar refractivity (Wildman–Crippen MR) is 106 cm³/mol. The molecule has 3 rings (SSSR count). The van der Waals surface area contributed by atoms with Gasteiger partial charge >= 0.3 is 0 Å². The second kappa shape index (κ2) is 9.57. The summed E-state index contributed by atoms with van der Waals surface area (Å²) in [5.74, 6) is 1.54. The molecule has 1 saturated heterocycles. The monoisotopic (exact) mass is 402 g/mol. The molecule has 8 heteroatoms. The number of hydrogen-bond acceptors (Lipinski definition) is 7. The van der Waals surface area contributed by atoms with Crippen molar-refractivity contribution in [3.05, 3.63) is 53.3 Å². The van der Waals surface area contributed by atoms with Crippen LogP contribution < -0.4 is 4.74 Å². The number of phenolic OH excluding ortho intramolecular Hbond substituents is 1. The Kier molecular flexibility index (Phi) is 6.89. The van der Waals surface area contributed by atoms with Gasteiger partial charge in [0.25, 0.3) is 5.91 Å². The van der Waals surface area contributed by atoms with Crippen LogP contribution in [0.4, 0.5) is 0 Å². The number of pyridine rings is 1. The Bertz CT molecular complexity index is 845. The summed E-state index contributed by atoms with van der Waals surface area (Å²) in [5.41, 5.74) is 1.16. The average molecular weight is 402 g/mol. The number of rotatable bonds is 7. The number of aromatic nitrogens is 1. The normalized spacial score (nSPS) is 16.6. The lowest BCUT2D eigenvalue weighted by Gasteiger charge is -2.35. The van der Waals surface area contributed by atoms with Crippen molar-refractivity contribution in [3.8, 4) is 11.5 Å². The largest absolute Gasteiger partial charge is 0.507 e. The third-order valence-electron chi connectivity index (χ3n) is 4.55. The van der Waals surface area contributed by atoms with E-state index < -0.39 is 0 Å². The molecule has 2 heterocycles. The zero-order valence-corrected chi connectivity index (χ0v) is 16.1. The molecule has 1 unspecified atom stereocenters. The van der Waals surface area contributed by atoms with Crippen molar-refractivity contribution in [1.82, 2.24) is 9.88 Å². The minimum Gasteiger partial charge on any atom is -0.507 e. The second-order valence-electron chi connectivity index (χ2n) is 6.32. The molecule has 1 atom stereocenters. The summed E-state index contributed by atoms with van der Waals surface area (Å²) in [6, 6.07) is 7.89. The van der Waals surface area contributed by atoms with Gasteiger partial charge in [0.15, 0.2) is 6.29 Å². The zero-order chi connectivity index (χ0) is 19.9. The fourth-order valence-corrected chi connectivity index (χ4v) is 4.16. The van der Waals surface area contributed by atoms with Crippen LogP contribution in [0.15, 0.2) is 36.5 Å². The number of hydrogen-bond donors (Lipinski definition) is 2. The number of aliphatic hydroxyl groups is 1. The van der Waals surface area contributed by atoms with Crippen molar-refractivity contribution in [2.24, 2.45) is 0 Å². The summed E-state index contributed by atoms with van der Waals surface area (Å²) in [6.45, 7) is 0.704. The van der Waals surface area contributed by atoms with E-state index in [0.29, 0.717) is 42.0 Å². The maximum Gasteiger partial charge on any atom is 0.256 e. The highest BCUT2D eigenvalue weighted by atomic mass is 32.2. The van der Waals surface area contributed by atoms with Gasteiger partial charge in [0.1, 0.15) is 18.1 Å². The molecule has 1 fully saturated rings. The van der Waals surface area contributed by atoms with E-state index in [1.807, 2.05) is 0 Å². The van der Waals surface area contributed by atoms with E-state index in [1.165, 1.54) is 6.07 Å². The van der Waals surface area contributed by atoms with Gasteiger partial charge in [0.2, 0.25) is 0 Å². The standard InChI is InChI=1S/C20H22N2O5S/c23-9-6-17-15(3-2-7-21-17)20(26)22-8-10-28-13-14(22)12-27-19-5-1-4-18(25)16(19)11-24/h1-5,7,11,14,23,25H,6,8-10,12-13H2. The fourth-order valence-electron chi connectivity index (χ4n) is 3.12. The van der Waals surface area contributed by atoms with Crippen LogP contribution in [0.3, 0.4) is 0 Å². The lowest BCUT2D eigenvalue weighted by molar-refractivity contribution is 0.0645. The molecule has 0 aliphatic carbocycles. The van der Waals surface area contributed by atoms with Crippen molar-refractivity contribution in [3.63, 3.8) is 0 Å². The van der Waals surface area contributed by atoms with E-state index in [4.69, 9.17) is 4.74 Å². The van der Waals surface area contributed by atoms with Crippen molar-refractivity contribution >= 4 is 24.0 Å². The average Bonchev–Trinajstić information content (AvgIpc) is 2.72. The van der Waals surface area contributed by atoms with E-state index in [-0.39, 0.29) is 36.5 Å². The first-order valence-corrected chi connectivity index (χ1v) is 10.1. The molecule has 2 aromatic rings. The molecule has 0 radical (unpaired) electrons. The maximum atomic E-state index is 13.1. The Labute approximate surface area is 167 Å². The Morgan fingerprint density at radius 1 is 1.36 bits per heavy atom. The van der Waals surface area contributed by atoms with E-state index in [1.54, 1.807) is 47.1 Å². The first-order valence-electron chi connectivity index (χ1n) is 8.99. The quantitative estimate of drug-likeness (QED) is 0.681. The van der Waals surface area contributed by atoms with Gasteiger partial charge in [0.05, 0.1) is 22.9 Å². The van der Waals surface area contributed by atoms with E-state index >= 15 is 0 Å². The van der Waals surface area contributed by atoms with Crippen LogP contribution >= 0.6 is 11.8 Å². The fraction of sp³-hybridized carbons (Fsp3) is 0.350. The highest BCUT2D eigenvalue weighted by Crippen LogP contribution is 2.27. The van der Waals surface area contributed by atoms with Crippen molar-refractivity contribution in [2.75, 3.05) is 31.3 Å². The van der Waals surface area contributed by atoms with Crippen LogP contribution in [0.5, 0.6) is 11.5 Å². The number of amides is 1. The topological polar surface area (TPSA) is 100.0 Å². The summed E-state index contributed by atoms with van der Waals surface area (Å²) in [7, 11) is 0. The summed E-state index contributed by atoms with van der Waals surface area (Å²) < 4.78 is 5.79. The molecule has 1 aliphatic rings. The van der Waals surface area contributed by atoms with Gasteiger partial charge in [-0.3, -0.25) is 14.6 Å². The second-order valence-corrected chi connectivity index (χ2v) is 7.47. The highest BCUT2D eigenvalue weighted by Gasteiger charge is 2.30. The van der Waals surface area contributed by atoms with Gasteiger partial charge in [0, 0.05) is 37.3 Å². The van der Waals surface area contributed by atoms with Crippen molar-refractivity contribution in [2.45, 2.75) is 12.5 Å². The number of ether oxygens (including phenoxy) is 1. The Hall–Kier alpha value is -2.58. The Balaban J connectivity index is 1.77. The number of phenols is 1. The molecule has 1 aromatic heterocycles.